The Morgan fingerprint density at radius 2 is 0.633 bits per heavy atom. The van der Waals surface area contributed by atoms with Crippen LogP contribution in [0.15, 0.2) is 11.4 Å². The van der Waals surface area contributed by atoms with Crippen LogP contribution in [0.4, 0.5) is 87.8 Å². The van der Waals surface area contributed by atoms with E-state index in [1.807, 2.05) is 0 Å². The molecule has 0 unspecified atom stereocenters. The molecule has 0 aromatic rings. The first-order valence-electron chi connectivity index (χ1n) is 6.03. The molecule has 0 rings (SSSR count). The summed E-state index contributed by atoms with van der Waals surface area (Å²) in [7, 11) is 0. The highest BCUT2D eigenvalue weighted by Gasteiger charge is 2.98. The van der Waals surface area contributed by atoms with Crippen molar-refractivity contribution in [2.75, 3.05) is 0 Å². The summed E-state index contributed by atoms with van der Waals surface area (Å²) in [6, 6.07) is 0. The maximum absolute atomic E-state index is 13.5. The van der Waals surface area contributed by atoms with Crippen molar-refractivity contribution in [1.82, 2.24) is 0 Å². The van der Waals surface area contributed by atoms with E-state index in [-0.39, 0.29) is 0 Å². The molecule has 0 amide bonds. The molecule has 0 aliphatic rings. The number of alkyl halides is 19. The molecular weight excluding hydrogens is 500 g/mol. The van der Waals surface area contributed by atoms with Crippen LogP contribution in [0.25, 0.3) is 0 Å². The highest BCUT2D eigenvalue weighted by Crippen LogP contribution is 2.70. The van der Waals surface area contributed by atoms with Crippen molar-refractivity contribution in [3.05, 3.63) is 11.4 Å². The average molecular weight is 500 g/mol. The lowest BCUT2D eigenvalue weighted by Gasteiger charge is -2.45. The highest BCUT2D eigenvalue weighted by molar-refractivity contribution is 5.29. The van der Waals surface area contributed by atoms with Crippen molar-refractivity contribution in [3.8, 4) is 0 Å². The molecule has 0 aliphatic carbocycles. The van der Waals surface area contributed by atoms with Crippen LogP contribution in [-0.4, -0.2) is 42.7 Å². The van der Waals surface area contributed by atoms with Gasteiger partial charge < -0.3 is 0 Å². The smallest absolute Gasteiger partial charge is 0.204 e. The molecule has 0 radical (unpaired) electrons. The molecule has 20 heteroatoms. The lowest BCUT2D eigenvalue weighted by Crippen LogP contribution is -2.73. The van der Waals surface area contributed by atoms with E-state index in [1.54, 1.807) is 0 Å². The molecule has 0 saturated carbocycles. The van der Waals surface area contributed by atoms with E-state index in [2.05, 4.69) is 0 Å². The lowest BCUT2D eigenvalue weighted by molar-refractivity contribution is -0.494. The van der Waals surface area contributed by atoms with E-state index in [4.69, 9.17) is 0 Å². The van der Waals surface area contributed by atoms with Crippen LogP contribution >= 0.6 is 0 Å². The largest absolute Gasteiger partial charge is 0.424 e. The number of hydrogen-bond donors (Lipinski definition) is 0. The Bertz CT molecular complexity index is 604. The van der Waals surface area contributed by atoms with Crippen LogP contribution in [0.2, 0.25) is 0 Å². The Morgan fingerprint density at radius 3 is 0.800 bits per heavy atom. The number of halogens is 20. The molecule has 0 bridgehead atoms. The van der Waals surface area contributed by atoms with Gasteiger partial charge in [-0.15, -0.1) is 0 Å². The van der Waals surface area contributed by atoms with Crippen LogP contribution < -0.4 is 0 Å². The van der Waals surface area contributed by atoms with Crippen molar-refractivity contribution >= 4 is 0 Å². The van der Waals surface area contributed by atoms with Gasteiger partial charge in [-0.2, -0.15) is 83.4 Å². The minimum atomic E-state index is -9.04. The summed E-state index contributed by atoms with van der Waals surface area (Å²) in [5, 5.41) is 0. The maximum Gasteiger partial charge on any atom is 0.424 e. The Morgan fingerprint density at radius 1 is 0.400 bits per heavy atom. The number of allylic oxidation sites excluding steroid dienone is 2. The van der Waals surface area contributed by atoms with Gasteiger partial charge in [0.1, 0.15) is 0 Å². The van der Waals surface area contributed by atoms with Gasteiger partial charge in [-0.3, -0.25) is 0 Å². The first kappa shape index (κ1) is 28.3. The van der Waals surface area contributed by atoms with Crippen LogP contribution in [0.5, 0.6) is 0 Å². The Labute approximate surface area is 149 Å². The summed E-state index contributed by atoms with van der Waals surface area (Å²) >= 11 is 0. The zero-order chi connectivity index (χ0) is 25.2. The lowest BCUT2D eigenvalue weighted by atomic mass is 9.74. The molecule has 180 valence electrons. The summed E-state index contributed by atoms with van der Waals surface area (Å²) < 4.78 is 252. The van der Waals surface area contributed by atoms with Gasteiger partial charge >= 0.3 is 48.1 Å². The number of hydrogen-bond acceptors (Lipinski definition) is 0. The third-order valence-electron chi connectivity index (χ3n) is 3.20. The first-order valence-corrected chi connectivity index (χ1v) is 6.03. The Kier molecular flexibility index (Phi) is 6.54. The van der Waals surface area contributed by atoms with Crippen molar-refractivity contribution in [2.24, 2.45) is 5.41 Å². The van der Waals surface area contributed by atoms with Crippen LogP contribution in [0, 0.1) is 5.41 Å². The van der Waals surface area contributed by atoms with Gasteiger partial charge in [-0.05, 0) is 0 Å². The third-order valence-corrected chi connectivity index (χ3v) is 3.20. The van der Waals surface area contributed by atoms with Crippen LogP contribution in [0.3, 0.4) is 0 Å². The minimum absolute atomic E-state index is 5.39. The van der Waals surface area contributed by atoms with E-state index in [0.717, 1.165) is 0 Å². The Hall–Kier alpha value is -1.66. The minimum Gasteiger partial charge on any atom is -0.204 e. The van der Waals surface area contributed by atoms with E-state index in [1.165, 1.54) is 0 Å². The monoisotopic (exact) mass is 500 g/mol. The quantitative estimate of drug-likeness (QED) is 0.358. The molecule has 0 aliphatic heterocycles. The van der Waals surface area contributed by atoms with Gasteiger partial charge in [-0.25, -0.2) is 4.39 Å². The highest BCUT2D eigenvalue weighted by atomic mass is 19.4. The van der Waals surface area contributed by atoms with Crippen molar-refractivity contribution in [2.45, 2.75) is 42.7 Å². The average Bonchev–Trinajstić information content (AvgIpc) is 2.28. The second kappa shape index (κ2) is 6.92. The second-order valence-electron chi connectivity index (χ2n) is 5.08. The number of rotatable bonds is 3. The fourth-order valence-corrected chi connectivity index (χ4v) is 1.96. The molecular formula is C10F20. The van der Waals surface area contributed by atoms with Gasteiger partial charge in [0.2, 0.25) is 0 Å². The second-order valence-corrected chi connectivity index (χ2v) is 5.08. The van der Waals surface area contributed by atoms with Gasteiger partial charge in [-0.1, -0.05) is 0 Å². The summed E-state index contributed by atoms with van der Waals surface area (Å²) in [5.74, 6) is -23.4. The van der Waals surface area contributed by atoms with Crippen LogP contribution in [-0.2, 0) is 0 Å². The standard InChI is InChI=1S/C10F20/c11-2(1(4(14,15)16)5(17,18)19)3(12,13)7(20,21)6(8(22,23)24,9(25,26)27)10(28,29)30. The fourth-order valence-electron chi connectivity index (χ4n) is 1.96. The van der Waals surface area contributed by atoms with Crippen LogP contribution in [0.1, 0.15) is 0 Å². The predicted octanol–water partition coefficient (Wildman–Crippen LogP) is 7.28. The molecule has 0 nitrogen and oxygen atoms in total. The summed E-state index contributed by atoms with van der Waals surface area (Å²) in [5.41, 5.74) is -14.4. The van der Waals surface area contributed by atoms with Crippen molar-refractivity contribution in [1.29, 1.82) is 0 Å². The zero-order valence-corrected chi connectivity index (χ0v) is 12.6. The van der Waals surface area contributed by atoms with Gasteiger partial charge in [0.05, 0.1) is 0 Å². The topological polar surface area (TPSA) is 0 Å². The summed E-state index contributed by atoms with van der Waals surface area (Å²) in [4.78, 5) is 0. The van der Waals surface area contributed by atoms with E-state index in [9.17, 15) is 87.8 Å². The molecule has 0 aromatic heterocycles. The zero-order valence-electron chi connectivity index (χ0n) is 12.6. The summed E-state index contributed by atoms with van der Waals surface area (Å²) in [6.07, 6.45) is -40.8. The molecule has 0 N–H and O–H groups in total. The SMILES string of the molecule is FC(=C(C(F)(F)F)C(F)(F)F)C(F)(F)C(F)(F)C(C(F)(F)F)(C(F)(F)F)C(F)(F)F. The van der Waals surface area contributed by atoms with Gasteiger partial charge in [0.25, 0.3) is 0 Å². The first-order chi connectivity index (χ1) is 12.5. The molecule has 0 fully saturated rings. The molecule has 0 atom stereocenters. The maximum atomic E-state index is 13.5. The molecule has 0 aromatic carbocycles. The molecule has 0 heterocycles. The fraction of sp³-hybridized carbons (Fsp3) is 0.800. The Balaban J connectivity index is 7.68. The summed E-state index contributed by atoms with van der Waals surface area (Å²) in [6.45, 7) is 0. The van der Waals surface area contributed by atoms with Crippen molar-refractivity contribution in [3.63, 3.8) is 0 Å². The molecule has 30 heavy (non-hydrogen) atoms. The van der Waals surface area contributed by atoms with Gasteiger partial charge in [0, 0.05) is 0 Å². The van der Waals surface area contributed by atoms with Gasteiger partial charge in [0.15, 0.2) is 11.4 Å². The molecule has 0 saturated heterocycles. The van der Waals surface area contributed by atoms with E-state index < -0.39 is 59.5 Å². The van der Waals surface area contributed by atoms with E-state index >= 15 is 0 Å². The molecule has 0 spiro atoms. The normalized spacial score (nSPS) is 16.0. The van der Waals surface area contributed by atoms with E-state index in [0.29, 0.717) is 0 Å². The van der Waals surface area contributed by atoms with Crippen molar-refractivity contribution < 1.29 is 87.8 Å². The third kappa shape index (κ3) is 3.96. The predicted molar refractivity (Wildman–Crippen MR) is 50.7 cm³/mol.